The Morgan fingerprint density at radius 2 is 1.37 bits per heavy atom. The lowest BCUT2D eigenvalue weighted by Gasteiger charge is -2.39. The number of nitrogens with zero attached hydrogens (tertiary/aromatic N) is 1. The number of hydrogen-bond donors (Lipinski definition) is 7. The van der Waals surface area contributed by atoms with Gasteiger partial charge >= 0.3 is 0 Å². The fraction of sp³-hybridized carbons (Fsp3) is 1.00. The minimum Gasteiger partial charge on any atom is -0.412 e. The fourth-order valence-corrected chi connectivity index (χ4v) is 7.32. The van der Waals surface area contributed by atoms with E-state index in [-0.39, 0.29) is 62.3 Å². The van der Waals surface area contributed by atoms with Gasteiger partial charge in [0.1, 0.15) is 12.7 Å². The highest BCUT2D eigenvalue weighted by atomic mass is 16.7. The lowest BCUT2D eigenvalue weighted by Crippen LogP contribution is -2.50. The summed E-state index contributed by atoms with van der Waals surface area (Å²) in [5.74, 6) is -2.85. The SMILES string of the molecule is CCC[C@@H](CC(O)(COC(C)O)OCCCC(C)(O)C(O)C(C)[C@@H](OCC)[C@@H](C)COC(O)[C@H](C)[C@H](CC)O[C@@H](C)C[C@H](OC)C(OC(C)O)[C@H](C)O)N(C)C.O. The number of ether oxygens (including phenoxy) is 7. The Bertz CT molecular complexity index is 977. The molecule has 0 fully saturated rings. The van der Waals surface area contributed by atoms with Gasteiger partial charge in [0.15, 0.2) is 24.7 Å². The van der Waals surface area contributed by atoms with E-state index < -0.39 is 72.6 Å². The van der Waals surface area contributed by atoms with Crippen LogP contribution < -0.4 is 0 Å². The maximum absolute atomic E-state index is 11.5. The standard InChI is InChI=1S/C41H85NO14.H2O/c1-15-19-33(42(12)13)23-41(49,25-53-31(9)44)54-21-18-20-40(11,48)38(46)29(7)36(51-17-3)26(4)24-52-39(47)28(6)34(16-2)55-27(5)22-35(50-14)37(30(8)43)56-32(10)45;/h26-39,43-49H,15-25H2,1-14H3;1H2/t26-,27-,28+,29?,30-,31?,32?,33-,34-,35-,36-,37?,38?,39?,40?,41?;/m0./s1. The quantitative estimate of drug-likeness (QED) is 0.0364. The average molecular weight is 834 g/mol. The van der Waals surface area contributed by atoms with Crippen molar-refractivity contribution in [2.45, 2.75) is 200 Å². The predicted molar refractivity (Wildman–Crippen MR) is 218 cm³/mol. The van der Waals surface area contributed by atoms with Crippen LogP contribution in [0.2, 0.25) is 0 Å². The normalized spacial score (nSPS) is 22.0. The number of rotatable bonds is 34. The molecule has 0 bridgehead atoms. The summed E-state index contributed by atoms with van der Waals surface area (Å²) in [5.41, 5.74) is -1.52. The highest BCUT2D eigenvalue weighted by molar-refractivity contribution is 4.90. The van der Waals surface area contributed by atoms with Gasteiger partial charge in [0.25, 0.3) is 0 Å². The van der Waals surface area contributed by atoms with E-state index in [1.165, 1.54) is 21.0 Å². The van der Waals surface area contributed by atoms with Crippen LogP contribution in [-0.2, 0) is 33.2 Å². The Morgan fingerprint density at radius 3 is 1.84 bits per heavy atom. The van der Waals surface area contributed by atoms with Crippen LogP contribution in [0.5, 0.6) is 0 Å². The van der Waals surface area contributed by atoms with Gasteiger partial charge < -0.3 is 79.3 Å². The first-order chi connectivity index (χ1) is 26.0. The number of methoxy groups -OCH3 is 1. The Labute approximate surface area is 344 Å². The molecule has 57 heavy (non-hydrogen) atoms. The van der Waals surface area contributed by atoms with Crippen molar-refractivity contribution in [3.05, 3.63) is 0 Å². The van der Waals surface area contributed by atoms with Gasteiger partial charge in [0.2, 0.25) is 0 Å². The summed E-state index contributed by atoms with van der Waals surface area (Å²) >= 11 is 0. The molecule has 0 saturated carbocycles. The van der Waals surface area contributed by atoms with Crippen molar-refractivity contribution in [2.75, 3.05) is 47.6 Å². The maximum Gasteiger partial charge on any atom is 0.190 e. The molecule has 0 aliphatic carbocycles. The zero-order valence-electron chi connectivity index (χ0n) is 37.8. The van der Waals surface area contributed by atoms with E-state index in [9.17, 15) is 35.7 Å². The molecule has 0 aromatic heterocycles. The van der Waals surface area contributed by atoms with Crippen LogP contribution >= 0.6 is 0 Å². The fourth-order valence-electron chi connectivity index (χ4n) is 7.32. The molecule has 0 spiro atoms. The third-order valence-corrected chi connectivity index (χ3v) is 10.7. The van der Waals surface area contributed by atoms with Crippen LogP contribution in [0.1, 0.15) is 121 Å². The molecule has 0 aliphatic heterocycles. The van der Waals surface area contributed by atoms with Gasteiger partial charge in [0.05, 0.1) is 55.4 Å². The molecule has 0 saturated heterocycles. The zero-order chi connectivity index (χ0) is 43.4. The first kappa shape index (κ1) is 58.5. The van der Waals surface area contributed by atoms with E-state index in [0.29, 0.717) is 25.9 Å². The minimum absolute atomic E-state index is 0. The van der Waals surface area contributed by atoms with Gasteiger partial charge in [-0.15, -0.1) is 0 Å². The van der Waals surface area contributed by atoms with Crippen LogP contribution in [0.3, 0.4) is 0 Å². The van der Waals surface area contributed by atoms with Crippen LogP contribution in [0, 0.1) is 17.8 Å². The molecule has 346 valence electrons. The molecule has 0 aromatic rings. The maximum atomic E-state index is 11.5. The second-order valence-electron chi connectivity index (χ2n) is 16.4. The minimum atomic E-state index is -1.65. The van der Waals surface area contributed by atoms with Crippen molar-refractivity contribution < 1.29 is 74.4 Å². The van der Waals surface area contributed by atoms with Crippen molar-refractivity contribution in [3.63, 3.8) is 0 Å². The molecule has 16 nitrogen and oxygen atoms in total. The summed E-state index contributed by atoms with van der Waals surface area (Å²) < 4.78 is 40.7. The average Bonchev–Trinajstić information content (AvgIpc) is 3.12. The molecule has 0 amide bonds. The largest absolute Gasteiger partial charge is 0.412 e. The van der Waals surface area contributed by atoms with E-state index in [1.54, 1.807) is 13.8 Å². The highest BCUT2D eigenvalue weighted by Crippen LogP contribution is 2.31. The van der Waals surface area contributed by atoms with Gasteiger partial charge in [-0.1, -0.05) is 41.0 Å². The van der Waals surface area contributed by atoms with E-state index in [0.717, 1.165) is 12.8 Å². The molecule has 0 radical (unpaired) electrons. The van der Waals surface area contributed by atoms with Crippen molar-refractivity contribution in [3.8, 4) is 0 Å². The first-order valence-corrected chi connectivity index (χ1v) is 20.8. The molecular formula is C41H87NO15. The summed E-state index contributed by atoms with van der Waals surface area (Å²) in [6, 6.07) is 0.0251. The summed E-state index contributed by atoms with van der Waals surface area (Å²) in [7, 11) is 5.39. The summed E-state index contributed by atoms with van der Waals surface area (Å²) in [6.07, 6.45) is -4.41. The number of hydrogen-bond acceptors (Lipinski definition) is 15. The molecule has 0 rings (SSSR count). The molecule has 16 atom stereocenters. The predicted octanol–water partition coefficient (Wildman–Crippen LogP) is 2.58. The molecule has 0 heterocycles. The van der Waals surface area contributed by atoms with Crippen molar-refractivity contribution >= 4 is 0 Å². The van der Waals surface area contributed by atoms with Gasteiger partial charge in [-0.3, -0.25) is 0 Å². The third kappa shape index (κ3) is 22.1. The highest BCUT2D eigenvalue weighted by Gasteiger charge is 2.41. The summed E-state index contributed by atoms with van der Waals surface area (Å²) in [5, 5.41) is 75.0. The Hall–Kier alpha value is -0.640. The van der Waals surface area contributed by atoms with E-state index in [1.807, 2.05) is 60.5 Å². The van der Waals surface area contributed by atoms with Gasteiger partial charge in [-0.2, -0.15) is 0 Å². The first-order valence-electron chi connectivity index (χ1n) is 20.8. The molecular weight excluding hydrogens is 746 g/mol. The monoisotopic (exact) mass is 834 g/mol. The molecule has 0 aromatic carbocycles. The molecule has 0 aliphatic rings. The lowest BCUT2D eigenvalue weighted by molar-refractivity contribution is -0.263. The van der Waals surface area contributed by atoms with Gasteiger partial charge in [0, 0.05) is 50.4 Å². The van der Waals surface area contributed by atoms with Crippen LogP contribution in [0.25, 0.3) is 0 Å². The van der Waals surface area contributed by atoms with Crippen molar-refractivity contribution in [2.24, 2.45) is 17.8 Å². The second kappa shape index (κ2) is 29.6. The van der Waals surface area contributed by atoms with E-state index in [2.05, 4.69) is 6.92 Å². The number of aliphatic hydroxyl groups is 7. The van der Waals surface area contributed by atoms with Crippen molar-refractivity contribution in [1.29, 1.82) is 0 Å². The van der Waals surface area contributed by atoms with Crippen molar-refractivity contribution in [1.82, 2.24) is 4.90 Å². The summed E-state index contributed by atoms with van der Waals surface area (Å²) in [6.45, 7) is 19.8. The van der Waals surface area contributed by atoms with Crippen LogP contribution in [0.4, 0.5) is 0 Å². The van der Waals surface area contributed by atoms with Crippen LogP contribution in [0.15, 0.2) is 0 Å². The van der Waals surface area contributed by atoms with Gasteiger partial charge in [-0.25, -0.2) is 0 Å². The molecule has 9 N–H and O–H groups in total. The second-order valence-corrected chi connectivity index (χ2v) is 16.4. The molecule has 8 unspecified atom stereocenters. The summed E-state index contributed by atoms with van der Waals surface area (Å²) in [4.78, 5) is 2.02. The topological polar surface area (TPSA) is 241 Å². The Morgan fingerprint density at radius 1 is 0.754 bits per heavy atom. The smallest absolute Gasteiger partial charge is 0.190 e. The van der Waals surface area contributed by atoms with E-state index >= 15 is 0 Å². The van der Waals surface area contributed by atoms with E-state index in [4.69, 9.17) is 33.2 Å². The lowest BCUT2D eigenvalue weighted by atomic mass is 9.80. The Kier molecular flexibility index (Phi) is 30.3. The van der Waals surface area contributed by atoms with Gasteiger partial charge in [-0.05, 0) is 81.3 Å². The third-order valence-electron chi connectivity index (χ3n) is 10.7. The zero-order valence-corrected chi connectivity index (χ0v) is 37.8. The number of aliphatic hydroxyl groups excluding tert-OH is 5. The Balaban J connectivity index is 0. The van der Waals surface area contributed by atoms with Crippen LogP contribution in [-0.4, -0.2) is 173 Å². The molecule has 16 heteroatoms.